The quantitative estimate of drug-likeness (QED) is 0.880. The molecular weight excluding hydrogens is 262 g/mol. The molecule has 0 aliphatic rings. The van der Waals surface area contributed by atoms with E-state index in [1.165, 1.54) is 26.0 Å². The average Bonchev–Trinajstić information content (AvgIpc) is 2.13. The molecule has 1 aromatic carbocycles. The van der Waals surface area contributed by atoms with E-state index in [2.05, 4.69) is 4.72 Å². The Kier molecular flexibility index (Phi) is 4.19. The second kappa shape index (κ2) is 4.94. The minimum absolute atomic E-state index is 0.0442. The van der Waals surface area contributed by atoms with E-state index in [0.29, 0.717) is 10.6 Å². The first kappa shape index (κ1) is 14.4. The topological polar surface area (TPSA) is 66.4 Å². The molecule has 0 fully saturated rings. The number of hydrogen-bond acceptors (Lipinski definition) is 3. The van der Waals surface area contributed by atoms with Crippen LogP contribution in [0.4, 0.5) is 0 Å². The maximum atomic E-state index is 11.9. The van der Waals surface area contributed by atoms with Gasteiger partial charge in [0.05, 0.1) is 10.5 Å². The van der Waals surface area contributed by atoms with Gasteiger partial charge in [0.25, 0.3) is 0 Å². The molecule has 0 bridgehead atoms. The van der Waals surface area contributed by atoms with Crippen LogP contribution in [0.3, 0.4) is 0 Å². The Morgan fingerprint density at radius 3 is 2.47 bits per heavy atom. The molecule has 0 aromatic heterocycles. The van der Waals surface area contributed by atoms with Gasteiger partial charge in [-0.3, -0.25) is 0 Å². The molecule has 0 saturated carbocycles. The predicted molar refractivity (Wildman–Crippen MR) is 67.7 cm³/mol. The molecule has 0 amide bonds. The fourth-order valence-corrected chi connectivity index (χ4v) is 2.92. The van der Waals surface area contributed by atoms with Crippen molar-refractivity contribution >= 4 is 21.6 Å². The summed E-state index contributed by atoms with van der Waals surface area (Å²) in [5, 5.41) is 9.98. The zero-order chi connectivity index (χ0) is 13.3. The lowest BCUT2D eigenvalue weighted by molar-refractivity contribution is 0.0857. The standard InChI is InChI=1S/C11H16ClNO3S/c1-8-6-9(12)4-5-10(8)17(15,16)13-7-11(2,3)14/h4-6,13-14H,7H2,1-3H3. The van der Waals surface area contributed by atoms with E-state index in [1.54, 1.807) is 13.0 Å². The van der Waals surface area contributed by atoms with Gasteiger partial charge in [-0.1, -0.05) is 11.6 Å². The molecule has 0 atom stereocenters. The zero-order valence-electron chi connectivity index (χ0n) is 9.99. The summed E-state index contributed by atoms with van der Waals surface area (Å²) in [7, 11) is -3.61. The van der Waals surface area contributed by atoms with Crippen LogP contribution >= 0.6 is 11.6 Å². The molecule has 0 spiro atoms. The van der Waals surface area contributed by atoms with Gasteiger partial charge in [-0.2, -0.15) is 0 Å². The predicted octanol–water partition coefficient (Wildman–Crippen LogP) is 1.70. The van der Waals surface area contributed by atoms with Crippen LogP contribution in [-0.4, -0.2) is 25.7 Å². The maximum absolute atomic E-state index is 11.9. The van der Waals surface area contributed by atoms with Crippen LogP contribution < -0.4 is 4.72 Å². The summed E-state index contributed by atoms with van der Waals surface area (Å²) in [6.45, 7) is 4.69. The van der Waals surface area contributed by atoms with Crippen molar-refractivity contribution in [2.45, 2.75) is 31.3 Å². The monoisotopic (exact) mass is 277 g/mol. The van der Waals surface area contributed by atoms with Gasteiger partial charge in [0.2, 0.25) is 10.0 Å². The third kappa shape index (κ3) is 4.27. The van der Waals surface area contributed by atoms with E-state index in [-0.39, 0.29) is 11.4 Å². The maximum Gasteiger partial charge on any atom is 0.240 e. The Morgan fingerprint density at radius 1 is 1.41 bits per heavy atom. The van der Waals surface area contributed by atoms with E-state index >= 15 is 0 Å². The molecule has 0 aliphatic carbocycles. The van der Waals surface area contributed by atoms with Gasteiger partial charge in [0, 0.05) is 11.6 Å². The number of benzene rings is 1. The molecule has 0 unspecified atom stereocenters. The zero-order valence-corrected chi connectivity index (χ0v) is 11.6. The van der Waals surface area contributed by atoms with Crippen LogP contribution in [0, 0.1) is 6.92 Å². The van der Waals surface area contributed by atoms with Gasteiger partial charge in [0.1, 0.15) is 0 Å². The van der Waals surface area contributed by atoms with Gasteiger partial charge >= 0.3 is 0 Å². The molecule has 0 heterocycles. The molecule has 4 nitrogen and oxygen atoms in total. The van der Waals surface area contributed by atoms with Crippen molar-refractivity contribution in [3.63, 3.8) is 0 Å². The summed E-state index contributed by atoms with van der Waals surface area (Å²) in [4.78, 5) is 0.172. The van der Waals surface area contributed by atoms with E-state index in [0.717, 1.165) is 0 Å². The van der Waals surface area contributed by atoms with Gasteiger partial charge < -0.3 is 5.11 Å². The van der Waals surface area contributed by atoms with Gasteiger partial charge in [-0.05, 0) is 44.5 Å². The highest BCUT2D eigenvalue weighted by Crippen LogP contribution is 2.19. The van der Waals surface area contributed by atoms with E-state index < -0.39 is 15.6 Å². The number of hydrogen-bond donors (Lipinski definition) is 2. The van der Waals surface area contributed by atoms with Crippen LogP contribution in [-0.2, 0) is 10.0 Å². The normalized spacial score (nSPS) is 12.8. The third-order valence-electron chi connectivity index (χ3n) is 2.12. The number of rotatable bonds is 4. The van der Waals surface area contributed by atoms with Crippen molar-refractivity contribution < 1.29 is 13.5 Å². The second-order valence-electron chi connectivity index (χ2n) is 4.55. The number of nitrogens with one attached hydrogen (secondary N) is 1. The third-order valence-corrected chi connectivity index (χ3v) is 3.92. The smallest absolute Gasteiger partial charge is 0.240 e. The summed E-state index contributed by atoms with van der Waals surface area (Å²) < 4.78 is 26.2. The summed E-state index contributed by atoms with van der Waals surface area (Å²) in [6.07, 6.45) is 0. The number of sulfonamides is 1. The van der Waals surface area contributed by atoms with Crippen molar-refractivity contribution in [3.05, 3.63) is 28.8 Å². The Labute approximate surface area is 107 Å². The van der Waals surface area contributed by atoms with Crippen molar-refractivity contribution in [2.75, 3.05) is 6.54 Å². The van der Waals surface area contributed by atoms with Crippen LogP contribution in [0.15, 0.2) is 23.1 Å². The molecule has 0 radical (unpaired) electrons. The molecule has 17 heavy (non-hydrogen) atoms. The van der Waals surface area contributed by atoms with Crippen LogP contribution in [0.1, 0.15) is 19.4 Å². The van der Waals surface area contributed by atoms with Crippen LogP contribution in [0.2, 0.25) is 5.02 Å². The summed E-state index contributed by atoms with van der Waals surface area (Å²) in [5.74, 6) is 0. The van der Waals surface area contributed by atoms with Crippen LogP contribution in [0.5, 0.6) is 0 Å². The SMILES string of the molecule is Cc1cc(Cl)ccc1S(=O)(=O)NCC(C)(C)O. The number of aliphatic hydroxyl groups is 1. The molecule has 2 N–H and O–H groups in total. The summed E-state index contributed by atoms with van der Waals surface area (Å²) in [5.41, 5.74) is -0.520. The molecule has 0 aliphatic heterocycles. The van der Waals surface area contributed by atoms with Crippen molar-refractivity contribution in [1.29, 1.82) is 0 Å². The Bertz CT molecular complexity index is 506. The second-order valence-corrected chi connectivity index (χ2v) is 6.72. The lowest BCUT2D eigenvalue weighted by Gasteiger charge is -2.18. The largest absolute Gasteiger partial charge is 0.389 e. The lowest BCUT2D eigenvalue weighted by atomic mass is 10.1. The highest BCUT2D eigenvalue weighted by atomic mass is 35.5. The molecular formula is C11H16ClNO3S. The Balaban J connectivity index is 2.98. The van der Waals surface area contributed by atoms with E-state index in [1.807, 2.05) is 0 Å². The van der Waals surface area contributed by atoms with Gasteiger partial charge in [0.15, 0.2) is 0 Å². The number of aryl methyl sites for hydroxylation is 1. The van der Waals surface area contributed by atoms with Crippen LogP contribution in [0.25, 0.3) is 0 Å². The molecule has 96 valence electrons. The van der Waals surface area contributed by atoms with Crippen molar-refractivity contribution in [2.24, 2.45) is 0 Å². The average molecular weight is 278 g/mol. The first-order valence-electron chi connectivity index (χ1n) is 5.10. The van der Waals surface area contributed by atoms with Crippen molar-refractivity contribution in [3.8, 4) is 0 Å². The lowest BCUT2D eigenvalue weighted by Crippen LogP contribution is -2.38. The molecule has 0 saturated heterocycles. The van der Waals surface area contributed by atoms with Gasteiger partial charge in [-0.25, -0.2) is 13.1 Å². The number of halogens is 1. The van der Waals surface area contributed by atoms with Crippen molar-refractivity contribution in [1.82, 2.24) is 4.72 Å². The molecule has 1 rings (SSSR count). The fraction of sp³-hybridized carbons (Fsp3) is 0.455. The minimum Gasteiger partial charge on any atom is -0.389 e. The van der Waals surface area contributed by atoms with E-state index in [4.69, 9.17) is 11.6 Å². The molecule has 1 aromatic rings. The summed E-state index contributed by atoms with van der Waals surface area (Å²) >= 11 is 5.76. The highest BCUT2D eigenvalue weighted by Gasteiger charge is 2.21. The Hall–Kier alpha value is -0.620. The first-order valence-corrected chi connectivity index (χ1v) is 6.96. The minimum atomic E-state index is -3.61. The first-order chi connectivity index (χ1) is 7.62. The highest BCUT2D eigenvalue weighted by molar-refractivity contribution is 7.89. The summed E-state index contributed by atoms with van der Waals surface area (Å²) in [6, 6.07) is 4.55. The fourth-order valence-electron chi connectivity index (χ4n) is 1.26. The van der Waals surface area contributed by atoms with Gasteiger partial charge in [-0.15, -0.1) is 0 Å². The molecule has 6 heteroatoms. The van der Waals surface area contributed by atoms with E-state index in [9.17, 15) is 13.5 Å². The Morgan fingerprint density at radius 2 is 2.00 bits per heavy atom.